The Morgan fingerprint density at radius 3 is 2.77 bits per heavy atom. The summed E-state index contributed by atoms with van der Waals surface area (Å²) in [4.78, 5) is 27.2. The van der Waals surface area contributed by atoms with Gasteiger partial charge in [0.2, 0.25) is 0 Å². The van der Waals surface area contributed by atoms with Crippen LogP contribution >= 0.6 is 0 Å². The van der Waals surface area contributed by atoms with Crippen molar-refractivity contribution in [1.29, 1.82) is 0 Å². The van der Waals surface area contributed by atoms with Crippen molar-refractivity contribution >= 4 is 17.6 Å². The van der Waals surface area contributed by atoms with Crippen LogP contribution in [0, 0.1) is 0 Å². The number of hydrogen-bond acceptors (Lipinski definition) is 5. The number of anilines is 1. The monoisotopic (exact) mass is 405 g/mol. The maximum atomic E-state index is 12.9. The lowest BCUT2D eigenvalue weighted by molar-refractivity contribution is -0.120. The first kappa shape index (κ1) is 18.5. The van der Waals surface area contributed by atoms with E-state index in [1.54, 1.807) is 22.8 Å². The average Bonchev–Trinajstić information content (AvgIpc) is 3.37. The molecule has 2 amide bonds. The molecule has 1 aliphatic heterocycles. The Hall–Kier alpha value is -3.49. The topological polar surface area (TPSA) is 97.9 Å². The van der Waals surface area contributed by atoms with Gasteiger partial charge in [0, 0.05) is 25.6 Å². The zero-order valence-corrected chi connectivity index (χ0v) is 16.7. The molecular formula is C21H23N7O2. The molecule has 9 nitrogen and oxygen atoms in total. The molecule has 1 fully saturated rings. The summed E-state index contributed by atoms with van der Waals surface area (Å²) in [5, 5.41) is 15.5. The third-order valence-electron chi connectivity index (χ3n) is 5.64. The average molecular weight is 405 g/mol. The Kier molecular flexibility index (Phi) is 4.57. The molecule has 0 bridgehead atoms. The molecule has 0 spiro atoms. The Morgan fingerprint density at radius 2 is 2.00 bits per heavy atom. The van der Waals surface area contributed by atoms with Gasteiger partial charge < -0.3 is 5.32 Å². The molecule has 5 rings (SSSR count). The van der Waals surface area contributed by atoms with Gasteiger partial charge in [0.05, 0.1) is 18.4 Å². The zero-order chi connectivity index (χ0) is 20.7. The summed E-state index contributed by atoms with van der Waals surface area (Å²) in [7, 11) is 1.73. The highest BCUT2D eigenvalue weighted by molar-refractivity contribution is 6.01. The van der Waals surface area contributed by atoms with Gasteiger partial charge in [-0.3, -0.25) is 14.5 Å². The van der Waals surface area contributed by atoms with Gasteiger partial charge in [-0.05, 0) is 24.8 Å². The van der Waals surface area contributed by atoms with Crippen molar-refractivity contribution in [3.63, 3.8) is 0 Å². The number of carbonyl (C=O) groups is 2. The molecule has 1 atom stereocenters. The molecule has 3 aromatic rings. The van der Waals surface area contributed by atoms with E-state index >= 15 is 0 Å². The van der Waals surface area contributed by atoms with Crippen molar-refractivity contribution in [3.8, 4) is 0 Å². The normalized spacial score (nSPS) is 18.8. The highest BCUT2D eigenvalue weighted by Gasteiger charge is 2.33. The van der Waals surface area contributed by atoms with Gasteiger partial charge in [-0.15, -0.1) is 5.10 Å². The number of aromatic nitrogens is 5. The van der Waals surface area contributed by atoms with Crippen LogP contribution in [0.1, 0.15) is 46.9 Å². The van der Waals surface area contributed by atoms with E-state index in [4.69, 9.17) is 0 Å². The molecule has 1 saturated carbocycles. The molecule has 1 aliphatic carbocycles. The first-order valence-corrected chi connectivity index (χ1v) is 10.2. The van der Waals surface area contributed by atoms with Gasteiger partial charge in [-0.1, -0.05) is 35.5 Å². The minimum atomic E-state index is -0.632. The minimum Gasteiger partial charge on any atom is -0.339 e. The summed E-state index contributed by atoms with van der Waals surface area (Å²) in [6.45, 7) is 1.10. The van der Waals surface area contributed by atoms with E-state index in [2.05, 4.69) is 20.7 Å². The van der Waals surface area contributed by atoms with E-state index in [9.17, 15) is 9.59 Å². The van der Waals surface area contributed by atoms with Crippen molar-refractivity contribution in [2.24, 2.45) is 0 Å². The number of hydrogen-bond donors (Lipinski definition) is 1. The highest BCUT2D eigenvalue weighted by atomic mass is 16.2. The second-order valence-corrected chi connectivity index (χ2v) is 7.92. The number of aryl methyl sites for hydroxylation is 1. The van der Waals surface area contributed by atoms with Crippen LogP contribution in [0.4, 0.5) is 5.82 Å². The van der Waals surface area contributed by atoms with Crippen LogP contribution in [0.25, 0.3) is 0 Å². The molecular weight excluding hydrogens is 382 g/mol. The number of fused-ring (bicyclic) bond motifs is 1. The van der Waals surface area contributed by atoms with Crippen LogP contribution in [-0.2, 0) is 17.9 Å². The van der Waals surface area contributed by atoms with Crippen LogP contribution in [-0.4, -0.2) is 49.7 Å². The maximum absolute atomic E-state index is 12.9. The fraction of sp³-hybridized carbons (Fsp3) is 0.381. The van der Waals surface area contributed by atoms with Crippen LogP contribution in [0.15, 0.2) is 42.6 Å². The lowest BCUT2D eigenvalue weighted by atomic mass is 10.2. The van der Waals surface area contributed by atoms with Gasteiger partial charge in [0.1, 0.15) is 11.9 Å². The van der Waals surface area contributed by atoms with E-state index in [-0.39, 0.29) is 11.6 Å². The van der Waals surface area contributed by atoms with E-state index in [0.29, 0.717) is 25.4 Å². The van der Waals surface area contributed by atoms with Gasteiger partial charge in [-0.2, -0.15) is 5.10 Å². The molecule has 3 heterocycles. The molecule has 1 unspecified atom stereocenters. The predicted octanol–water partition coefficient (Wildman–Crippen LogP) is 1.57. The van der Waals surface area contributed by atoms with Crippen LogP contribution in [0.5, 0.6) is 0 Å². The lowest BCUT2D eigenvalue weighted by Crippen LogP contribution is -2.46. The third kappa shape index (κ3) is 3.58. The zero-order valence-electron chi connectivity index (χ0n) is 16.7. The largest absolute Gasteiger partial charge is 0.339 e. The third-order valence-corrected chi connectivity index (χ3v) is 5.64. The van der Waals surface area contributed by atoms with Gasteiger partial charge in [-0.25, -0.2) is 9.36 Å². The second kappa shape index (κ2) is 7.40. The Morgan fingerprint density at radius 1 is 1.20 bits per heavy atom. The number of benzene rings is 1. The Balaban J connectivity index is 1.26. The fourth-order valence-corrected chi connectivity index (χ4v) is 3.78. The smallest absolute Gasteiger partial charge is 0.274 e. The van der Waals surface area contributed by atoms with Crippen LogP contribution < -0.4 is 10.2 Å². The molecule has 2 aliphatic rings. The Labute approximate surface area is 173 Å². The number of nitrogens with zero attached hydrogens (tertiary/aromatic N) is 6. The second-order valence-electron chi connectivity index (χ2n) is 7.92. The van der Waals surface area contributed by atoms with Gasteiger partial charge in [0.15, 0.2) is 5.69 Å². The summed E-state index contributed by atoms with van der Waals surface area (Å²) in [6.07, 6.45) is 4.40. The Bertz CT molecular complexity index is 1080. The van der Waals surface area contributed by atoms with Crippen molar-refractivity contribution in [2.45, 2.75) is 44.3 Å². The standard InChI is InChI=1S/C21H23N7O2/c1-26-19-11-17(15-7-8-15)24-28(19)10-9-16(21(26)30)22-20(29)18-13-27(25-23-18)12-14-5-3-2-4-6-14/h2-6,11,13,15-16H,7-10,12H2,1H3,(H,22,29). The molecule has 9 heteroatoms. The molecule has 0 saturated heterocycles. The summed E-state index contributed by atoms with van der Waals surface area (Å²) in [5.74, 6) is 0.759. The summed E-state index contributed by atoms with van der Waals surface area (Å²) >= 11 is 0. The first-order valence-electron chi connectivity index (χ1n) is 10.2. The van der Waals surface area contributed by atoms with Crippen molar-refractivity contribution in [1.82, 2.24) is 30.1 Å². The number of carbonyl (C=O) groups excluding carboxylic acids is 2. The fourth-order valence-electron chi connectivity index (χ4n) is 3.78. The van der Waals surface area contributed by atoms with E-state index in [0.717, 1.165) is 29.9 Å². The molecule has 30 heavy (non-hydrogen) atoms. The number of rotatable bonds is 5. The van der Waals surface area contributed by atoms with E-state index in [1.165, 1.54) is 0 Å². The van der Waals surface area contributed by atoms with Crippen molar-refractivity contribution < 1.29 is 9.59 Å². The molecule has 2 aromatic heterocycles. The lowest BCUT2D eigenvalue weighted by Gasteiger charge is -2.20. The van der Waals surface area contributed by atoms with Gasteiger partial charge >= 0.3 is 0 Å². The minimum absolute atomic E-state index is 0.152. The van der Waals surface area contributed by atoms with E-state index in [1.807, 2.05) is 41.1 Å². The molecule has 0 radical (unpaired) electrons. The summed E-state index contributed by atoms with van der Waals surface area (Å²) in [5.41, 5.74) is 2.32. The van der Waals surface area contributed by atoms with Crippen LogP contribution in [0.3, 0.4) is 0 Å². The van der Waals surface area contributed by atoms with Crippen LogP contribution in [0.2, 0.25) is 0 Å². The van der Waals surface area contributed by atoms with Crippen molar-refractivity contribution in [3.05, 3.63) is 59.5 Å². The maximum Gasteiger partial charge on any atom is 0.274 e. The summed E-state index contributed by atoms with van der Waals surface area (Å²) < 4.78 is 3.48. The first-order chi connectivity index (χ1) is 14.6. The quantitative estimate of drug-likeness (QED) is 0.695. The highest BCUT2D eigenvalue weighted by Crippen LogP contribution is 2.40. The van der Waals surface area contributed by atoms with Gasteiger partial charge in [0.25, 0.3) is 11.8 Å². The summed E-state index contributed by atoms with van der Waals surface area (Å²) in [6, 6.07) is 11.2. The van der Waals surface area contributed by atoms with E-state index < -0.39 is 11.9 Å². The molecule has 154 valence electrons. The number of amides is 2. The number of nitrogens with one attached hydrogen (secondary N) is 1. The molecule has 1 aromatic carbocycles. The number of likely N-dealkylation sites (N-methyl/N-ethyl adjacent to an activating group) is 1. The SMILES string of the molecule is CN1C(=O)C(NC(=O)c2cn(Cc3ccccc3)nn2)CCn2nc(C3CC3)cc21. The molecule has 1 N–H and O–H groups in total. The van der Waals surface area contributed by atoms with Crippen molar-refractivity contribution in [2.75, 3.05) is 11.9 Å². The predicted molar refractivity (Wildman–Crippen MR) is 109 cm³/mol.